The molecule has 2 rings (SSSR count). The molecule has 7 heteroatoms. The Kier molecular flexibility index (Phi) is 5.64. The van der Waals surface area contributed by atoms with Crippen LogP contribution in [0.3, 0.4) is 0 Å². The first-order valence-corrected chi connectivity index (χ1v) is 6.73. The number of Topliss-reactive ketones (excluding diaryl/α,β-unsaturated/α-hetero) is 1. The Balaban J connectivity index is 0.00000200. The lowest BCUT2D eigenvalue weighted by molar-refractivity contribution is -0.171. The SMILES string of the molecule is O.O=C(CCCCc1nc2ccccc2s1)C(F)(F)F. The molecule has 0 fully saturated rings. The third-order valence-corrected chi connectivity index (χ3v) is 3.80. The Labute approximate surface area is 117 Å². The van der Waals surface area contributed by atoms with E-state index in [0.717, 1.165) is 15.2 Å². The number of halogens is 3. The average Bonchev–Trinajstić information content (AvgIpc) is 2.75. The number of hydrogen-bond acceptors (Lipinski definition) is 3. The molecule has 2 aromatic rings. The first-order chi connectivity index (χ1) is 8.97. The fraction of sp³-hybridized carbons (Fsp3) is 0.385. The minimum atomic E-state index is -4.70. The van der Waals surface area contributed by atoms with Crippen LogP contribution >= 0.6 is 11.3 Å². The molecular formula is C13H14F3NO2S. The molecule has 0 aliphatic carbocycles. The number of unbranched alkanes of at least 4 members (excludes halogenated alkanes) is 1. The van der Waals surface area contributed by atoms with Crippen molar-refractivity contribution < 1.29 is 23.4 Å². The van der Waals surface area contributed by atoms with Gasteiger partial charge in [-0.3, -0.25) is 4.79 Å². The van der Waals surface area contributed by atoms with Crippen molar-refractivity contribution in [1.29, 1.82) is 0 Å². The second-order valence-corrected chi connectivity index (χ2v) is 5.32. The molecule has 0 aliphatic heterocycles. The Hall–Kier alpha value is -1.47. The summed E-state index contributed by atoms with van der Waals surface area (Å²) in [5.41, 5.74) is 0.911. The smallest absolute Gasteiger partial charge is 0.412 e. The van der Waals surface area contributed by atoms with Crippen LogP contribution in [0.2, 0.25) is 0 Å². The standard InChI is InChI=1S/C13H12F3NOS.H2O/c14-13(15,16)11(18)7-3-4-8-12-17-9-5-1-2-6-10(9)19-12;/h1-2,5-6H,3-4,7-8H2;1H2. The zero-order valence-corrected chi connectivity index (χ0v) is 11.4. The highest BCUT2D eigenvalue weighted by Crippen LogP contribution is 2.24. The minimum absolute atomic E-state index is 0. The molecule has 0 saturated carbocycles. The molecule has 2 N–H and O–H groups in total. The molecule has 1 heterocycles. The molecule has 0 saturated heterocycles. The molecule has 1 aromatic carbocycles. The van der Waals surface area contributed by atoms with E-state index in [1.165, 1.54) is 0 Å². The van der Waals surface area contributed by atoms with Crippen LogP contribution in [0.5, 0.6) is 0 Å². The van der Waals surface area contributed by atoms with E-state index in [9.17, 15) is 18.0 Å². The van der Waals surface area contributed by atoms with Crippen LogP contribution in [-0.4, -0.2) is 22.4 Å². The van der Waals surface area contributed by atoms with Gasteiger partial charge in [0, 0.05) is 6.42 Å². The van der Waals surface area contributed by atoms with Crippen molar-refractivity contribution in [2.75, 3.05) is 0 Å². The van der Waals surface area contributed by atoms with Crippen molar-refractivity contribution in [1.82, 2.24) is 4.98 Å². The van der Waals surface area contributed by atoms with Gasteiger partial charge in [0.1, 0.15) is 0 Å². The Bertz CT molecular complexity index is 547. The van der Waals surface area contributed by atoms with Crippen molar-refractivity contribution in [3.63, 3.8) is 0 Å². The van der Waals surface area contributed by atoms with Crippen LogP contribution in [0.25, 0.3) is 10.2 Å². The zero-order chi connectivity index (χ0) is 13.9. The minimum Gasteiger partial charge on any atom is -0.412 e. The van der Waals surface area contributed by atoms with Crippen molar-refractivity contribution in [3.8, 4) is 0 Å². The number of carbonyl (C=O) groups is 1. The van der Waals surface area contributed by atoms with Crippen LogP contribution in [0.1, 0.15) is 24.3 Å². The summed E-state index contributed by atoms with van der Waals surface area (Å²) >= 11 is 1.54. The number of aromatic nitrogens is 1. The molecule has 20 heavy (non-hydrogen) atoms. The summed E-state index contributed by atoms with van der Waals surface area (Å²) in [5.74, 6) is -1.64. The van der Waals surface area contributed by atoms with E-state index in [4.69, 9.17) is 0 Å². The molecule has 1 aromatic heterocycles. The van der Waals surface area contributed by atoms with Gasteiger partial charge >= 0.3 is 6.18 Å². The van der Waals surface area contributed by atoms with Crippen molar-refractivity contribution in [2.24, 2.45) is 0 Å². The second kappa shape index (κ2) is 6.81. The number of rotatable bonds is 5. The number of ketones is 1. The van der Waals surface area contributed by atoms with Crippen molar-refractivity contribution in [2.45, 2.75) is 31.9 Å². The molecule has 0 bridgehead atoms. The van der Waals surface area contributed by atoms with Crippen LogP contribution in [0, 0.1) is 0 Å². The Morgan fingerprint density at radius 2 is 1.90 bits per heavy atom. The van der Waals surface area contributed by atoms with Crippen LogP contribution < -0.4 is 0 Å². The maximum atomic E-state index is 12.0. The van der Waals surface area contributed by atoms with E-state index in [1.807, 2.05) is 24.3 Å². The summed E-state index contributed by atoms with van der Waals surface area (Å²) in [7, 11) is 0. The first-order valence-electron chi connectivity index (χ1n) is 5.91. The van der Waals surface area contributed by atoms with Gasteiger partial charge in [-0.1, -0.05) is 12.1 Å². The van der Waals surface area contributed by atoms with E-state index >= 15 is 0 Å². The molecule has 0 amide bonds. The number of benzene rings is 1. The van der Waals surface area contributed by atoms with E-state index in [0.29, 0.717) is 12.8 Å². The predicted molar refractivity (Wildman–Crippen MR) is 71.9 cm³/mol. The fourth-order valence-corrected chi connectivity index (χ4v) is 2.74. The van der Waals surface area contributed by atoms with E-state index in [1.54, 1.807) is 11.3 Å². The lowest BCUT2D eigenvalue weighted by atomic mass is 10.1. The molecule has 0 aliphatic rings. The highest BCUT2D eigenvalue weighted by atomic mass is 32.1. The first kappa shape index (κ1) is 16.6. The number of fused-ring (bicyclic) bond motifs is 1. The number of carbonyl (C=O) groups excluding carboxylic acids is 1. The lowest BCUT2D eigenvalue weighted by Crippen LogP contribution is -2.22. The van der Waals surface area contributed by atoms with Gasteiger partial charge in [0.15, 0.2) is 0 Å². The molecule has 0 atom stereocenters. The maximum Gasteiger partial charge on any atom is 0.449 e. The van der Waals surface area contributed by atoms with Gasteiger partial charge < -0.3 is 5.48 Å². The average molecular weight is 305 g/mol. The number of hydrogen-bond donors (Lipinski definition) is 0. The molecule has 3 nitrogen and oxygen atoms in total. The quantitative estimate of drug-likeness (QED) is 0.796. The topological polar surface area (TPSA) is 61.5 Å². The largest absolute Gasteiger partial charge is 0.449 e. The highest BCUT2D eigenvalue weighted by Gasteiger charge is 2.37. The highest BCUT2D eigenvalue weighted by molar-refractivity contribution is 7.18. The molecular weight excluding hydrogens is 291 g/mol. The Morgan fingerprint density at radius 1 is 1.20 bits per heavy atom. The van der Waals surface area contributed by atoms with Gasteiger partial charge in [0.05, 0.1) is 15.2 Å². The van der Waals surface area contributed by atoms with E-state index < -0.39 is 18.4 Å². The molecule has 0 radical (unpaired) electrons. The van der Waals surface area contributed by atoms with Gasteiger partial charge in [-0.15, -0.1) is 11.3 Å². The second-order valence-electron chi connectivity index (χ2n) is 4.20. The zero-order valence-electron chi connectivity index (χ0n) is 10.5. The number of aryl methyl sites for hydroxylation is 1. The van der Waals surface area contributed by atoms with Gasteiger partial charge in [-0.2, -0.15) is 13.2 Å². The third-order valence-electron chi connectivity index (χ3n) is 2.70. The lowest BCUT2D eigenvalue weighted by Gasteiger charge is -2.03. The number of para-hydroxylation sites is 1. The predicted octanol–water partition coefficient (Wildman–Crippen LogP) is 3.32. The summed E-state index contributed by atoms with van der Waals surface area (Å²) in [6.07, 6.45) is -3.73. The summed E-state index contributed by atoms with van der Waals surface area (Å²) in [6, 6.07) is 7.69. The maximum absolute atomic E-state index is 12.0. The van der Waals surface area contributed by atoms with Gasteiger partial charge in [0.25, 0.3) is 0 Å². The number of nitrogens with zero attached hydrogens (tertiary/aromatic N) is 1. The van der Waals surface area contributed by atoms with E-state index in [-0.39, 0.29) is 11.9 Å². The monoisotopic (exact) mass is 305 g/mol. The summed E-state index contributed by atoms with van der Waals surface area (Å²) in [5, 5.41) is 0.903. The number of alkyl halides is 3. The van der Waals surface area contributed by atoms with Gasteiger partial charge in [-0.05, 0) is 31.4 Å². The molecule has 0 spiro atoms. The van der Waals surface area contributed by atoms with Crippen LogP contribution in [-0.2, 0) is 11.2 Å². The summed E-state index contributed by atoms with van der Waals surface area (Å²) in [6.45, 7) is 0. The fourth-order valence-electron chi connectivity index (χ4n) is 1.73. The third kappa shape index (κ3) is 4.28. The van der Waals surface area contributed by atoms with Crippen LogP contribution in [0.15, 0.2) is 24.3 Å². The van der Waals surface area contributed by atoms with Crippen LogP contribution in [0.4, 0.5) is 13.2 Å². The summed E-state index contributed by atoms with van der Waals surface area (Å²) in [4.78, 5) is 15.1. The normalized spacial score (nSPS) is 11.3. The van der Waals surface area contributed by atoms with E-state index in [2.05, 4.69) is 4.98 Å². The van der Waals surface area contributed by atoms with Crippen molar-refractivity contribution >= 4 is 27.3 Å². The number of thiazole rings is 1. The summed E-state index contributed by atoms with van der Waals surface area (Å²) < 4.78 is 37.0. The molecule has 110 valence electrons. The molecule has 0 unspecified atom stereocenters. The van der Waals surface area contributed by atoms with Crippen molar-refractivity contribution in [3.05, 3.63) is 29.3 Å². The Morgan fingerprint density at radius 3 is 2.55 bits per heavy atom. The van der Waals surface area contributed by atoms with Gasteiger partial charge in [-0.25, -0.2) is 4.98 Å². The van der Waals surface area contributed by atoms with Gasteiger partial charge in [0.2, 0.25) is 5.78 Å².